The third kappa shape index (κ3) is 5.69. The van der Waals surface area contributed by atoms with Gasteiger partial charge in [0.05, 0.1) is 11.4 Å². The van der Waals surface area contributed by atoms with Gasteiger partial charge in [-0.15, -0.1) is 0 Å². The highest BCUT2D eigenvalue weighted by atomic mass is 35.5. The van der Waals surface area contributed by atoms with Crippen LogP contribution in [0.15, 0.2) is 47.4 Å². The van der Waals surface area contributed by atoms with Crippen LogP contribution in [0.4, 0.5) is 0 Å². The molecule has 0 saturated heterocycles. The largest absolute Gasteiger partial charge is 0.353 e. The van der Waals surface area contributed by atoms with E-state index in [1.807, 2.05) is 20.8 Å². The van der Waals surface area contributed by atoms with Gasteiger partial charge in [0, 0.05) is 28.2 Å². The van der Waals surface area contributed by atoms with Crippen molar-refractivity contribution >= 4 is 39.1 Å². The number of carbonyl (C=O) groups excluding carboxylic acids is 1. The second kappa shape index (κ2) is 9.06. The highest BCUT2D eigenvalue weighted by Crippen LogP contribution is 2.28. The molecule has 0 fully saturated rings. The van der Waals surface area contributed by atoms with E-state index < -0.39 is 15.9 Å². The summed E-state index contributed by atoms with van der Waals surface area (Å²) >= 11 is 12.4. The fourth-order valence-electron chi connectivity index (χ4n) is 2.47. The summed E-state index contributed by atoms with van der Waals surface area (Å²) in [5.41, 5.74) is 1.39. The number of halogens is 2. The lowest BCUT2D eigenvalue weighted by atomic mass is 10.2. The molecule has 0 radical (unpaired) electrons. The zero-order valence-electron chi connectivity index (χ0n) is 15.4. The molecule has 0 aliphatic rings. The molecule has 0 bridgehead atoms. The van der Waals surface area contributed by atoms with E-state index >= 15 is 0 Å². The summed E-state index contributed by atoms with van der Waals surface area (Å²) in [6.45, 7) is 5.03. The van der Waals surface area contributed by atoms with Crippen molar-refractivity contribution in [3.05, 3.63) is 63.6 Å². The first kappa shape index (κ1) is 21.7. The Labute approximate surface area is 170 Å². The summed E-state index contributed by atoms with van der Waals surface area (Å²) in [6.07, 6.45) is 0. The quantitative estimate of drug-likeness (QED) is 0.723. The number of sulfonamides is 1. The Morgan fingerprint density at radius 1 is 1.07 bits per heavy atom. The maximum atomic E-state index is 13.2. The normalized spacial score (nSPS) is 11.8. The van der Waals surface area contributed by atoms with E-state index in [9.17, 15) is 13.2 Å². The van der Waals surface area contributed by atoms with Gasteiger partial charge in [0.15, 0.2) is 0 Å². The van der Waals surface area contributed by atoms with Gasteiger partial charge in [-0.2, -0.15) is 4.31 Å². The zero-order valence-corrected chi connectivity index (χ0v) is 17.7. The number of nitrogens with one attached hydrogen (secondary N) is 1. The van der Waals surface area contributed by atoms with Crippen LogP contribution in [0.25, 0.3) is 0 Å². The van der Waals surface area contributed by atoms with E-state index in [1.165, 1.54) is 12.1 Å². The molecule has 5 nitrogen and oxygen atoms in total. The average molecular weight is 429 g/mol. The summed E-state index contributed by atoms with van der Waals surface area (Å²) in [6, 6.07) is 11.3. The third-order valence-electron chi connectivity index (χ3n) is 3.82. The Bertz CT molecular complexity index is 893. The number of rotatable bonds is 7. The summed E-state index contributed by atoms with van der Waals surface area (Å²) in [7, 11) is -3.93. The van der Waals surface area contributed by atoms with Gasteiger partial charge in [-0.1, -0.05) is 47.0 Å². The molecule has 1 N–H and O–H groups in total. The highest BCUT2D eigenvalue weighted by Gasteiger charge is 2.28. The Balaban J connectivity index is 2.42. The number of carbonyl (C=O) groups is 1. The molecule has 0 unspecified atom stereocenters. The SMILES string of the molecule is Cc1ccc(S(=O)(=O)N(CC(=O)NC(C)C)Cc2c(Cl)cccc2Cl)cc1. The molecule has 0 atom stereocenters. The molecule has 0 aromatic heterocycles. The van der Waals surface area contributed by atoms with Crippen LogP contribution in [0.2, 0.25) is 10.0 Å². The van der Waals surface area contributed by atoms with E-state index in [2.05, 4.69) is 5.32 Å². The first-order valence-corrected chi connectivity index (χ1v) is 10.6. The number of benzene rings is 2. The standard InChI is InChI=1S/C19H22Cl2N2O3S/c1-13(2)22-19(24)12-23(11-16-17(20)5-4-6-18(16)21)27(25,26)15-9-7-14(3)8-10-15/h4-10,13H,11-12H2,1-3H3,(H,22,24). The van der Waals surface area contributed by atoms with E-state index in [0.717, 1.165) is 9.87 Å². The van der Waals surface area contributed by atoms with Crippen LogP contribution in [0, 0.1) is 6.92 Å². The minimum absolute atomic E-state index is 0.105. The van der Waals surface area contributed by atoms with Crippen LogP contribution >= 0.6 is 23.2 Å². The fraction of sp³-hybridized carbons (Fsp3) is 0.316. The van der Waals surface area contributed by atoms with Crippen molar-refractivity contribution in [3.8, 4) is 0 Å². The maximum absolute atomic E-state index is 13.2. The molecule has 0 spiro atoms. The Morgan fingerprint density at radius 2 is 1.63 bits per heavy atom. The second-order valence-corrected chi connectivity index (χ2v) is 9.26. The average Bonchev–Trinajstić information content (AvgIpc) is 2.57. The van der Waals surface area contributed by atoms with Crippen LogP contribution in [0.1, 0.15) is 25.0 Å². The number of hydrogen-bond donors (Lipinski definition) is 1. The van der Waals surface area contributed by atoms with Gasteiger partial charge in [-0.3, -0.25) is 4.79 Å². The van der Waals surface area contributed by atoms with Crippen molar-refractivity contribution in [1.82, 2.24) is 9.62 Å². The Kier molecular flexibility index (Phi) is 7.28. The van der Waals surface area contributed by atoms with E-state index in [0.29, 0.717) is 15.6 Å². The Morgan fingerprint density at radius 3 is 2.15 bits per heavy atom. The van der Waals surface area contributed by atoms with Gasteiger partial charge in [-0.05, 0) is 45.0 Å². The van der Waals surface area contributed by atoms with Crippen molar-refractivity contribution in [3.63, 3.8) is 0 Å². The van der Waals surface area contributed by atoms with Gasteiger partial charge >= 0.3 is 0 Å². The van der Waals surface area contributed by atoms with Gasteiger partial charge in [0.25, 0.3) is 0 Å². The lowest BCUT2D eigenvalue weighted by molar-refractivity contribution is -0.121. The van der Waals surface area contributed by atoms with Crippen LogP contribution < -0.4 is 5.32 Å². The minimum Gasteiger partial charge on any atom is -0.353 e. The summed E-state index contributed by atoms with van der Waals surface area (Å²) in [5.74, 6) is -0.399. The molecule has 27 heavy (non-hydrogen) atoms. The van der Waals surface area contributed by atoms with Gasteiger partial charge in [-0.25, -0.2) is 8.42 Å². The van der Waals surface area contributed by atoms with Crippen molar-refractivity contribution in [1.29, 1.82) is 0 Å². The predicted octanol–water partition coefficient (Wildman–Crippen LogP) is 4.02. The summed E-state index contributed by atoms with van der Waals surface area (Å²) in [5, 5.41) is 3.40. The molecule has 0 aliphatic heterocycles. The van der Waals surface area contributed by atoms with Crippen LogP contribution in [0.5, 0.6) is 0 Å². The Hall–Kier alpha value is -1.60. The van der Waals surface area contributed by atoms with Gasteiger partial charge in [0.2, 0.25) is 15.9 Å². The van der Waals surface area contributed by atoms with Crippen molar-refractivity contribution in [2.75, 3.05) is 6.54 Å². The molecule has 2 aromatic carbocycles. The van der Waals surface area contributed by atoms with Crippen molar-refractivity contribution in [2.24, 2.45) is 0 Å². The van der Waals surface area contributed by atoms with Crippen LogP contribution in [-0.4, -0.2) is 31.2 Å². The number of aryl methyl sites for hydroxylation is 1. The number of nitrogens with zero attached hydrogens (tertiary/aromatic N) is 1. The molecule has 0 aliphatic carbocycles. The molecular formula is C19H22Cl2N2O3S. The molecular weight excluding hydrogens is 407 g/mol. The number of amides is 1. The molecule has 1 amide bonds. The maximum Gasteiger partial charge on any atom is 0.243 e. The smallest absolute Gasteiger partial charge is 0.243 e. The van der Waals surface area contributed by atoms with Crippen LogP contribution in [-0.2, 0) is 21.4 Å². The van der Waals surface area contributed by atoms with Crippen LogP contribution in [0.3, 0.4) is 0 Å². The van der Waals surface area contributed by atoms with E-state index in [1.54, 1.807) is 30.3 Å². The first-order valence-electron chi connectivity index (χ1n) is 8.40. The van der Waals surface area contributed by atoms with Crippen molar-refractivity contribution in [2.45, 2.75) is 38.3 Å². The van der Waals surface area contributed by atoms with Crippen molar-refractivity contribution < 1.29 is 13.2 Å². The first-order chi connectivity index (χ1) is 12.6. The molecule has 146 valence electrons. The second-order valence-electron chi connectivity index (χ2n) is 6.51. The van der Waals surface area contributed by atoms with Gasteiger partial charge < -0.3 is 5.32 Å². The minimum atomic E-state index is -3.93. The lowest BCUT2D eigenvalue weighted by Crippen LogP contribution is -2.42. The highest BCUT2D eigenvalue weighted by molar-refractivity contribution is 7.89. The summed E-state index contributed by atoms with van der Waals surface area (Å²) in [4.78, 5) is 12.4. The van der Waals surface area contributed by atoms with Gasteiger partial charge in [0.1, 0.15) is 0 Å². The zero-order chi connectivity index (χ0) is 20.2. The molecule has 2 rings (SSSR count). The third-order valence-corrected chi connectivity index (χ3v) is 6.34. The molecule has 0 heterocycles. The topological polar surface area (TPSA) is 66.5 Å². The molecule has 0 saturated carbocycles. The molecule has 8 heteroatoms. The summed E-state index contributed by atoms with van der Waals surface area (Å²) < 4.78 is 27.4. The number of hydrogen-bond acceptors (Lipinski definition) is 3. The fourth-order valence-corrected chi connectivity index (χ4v) is 4.35. The van der Waals surface area contributed by atoms with E-state index in [-0.39, 0.29) is 24.0 Å². The lowest BCUT2D eigenvalue weighted by Gasteiger charge is -2.23. The van der Waals surface area contributed by atoms with E-state index in [4.69, 9.17) is 23.2 Å². The predicted molar refractivity (Wildman–Crippen MR) is 109 cm³/mol. The molecule has 2 aromatic rings. The monoisotopic (exact) mass is 428 g/mol.